The van der Waals surface area contributed by atoms with E-state index in [1.54, 1.807) is 24.1 Å². The topological polar surface area (TPSA) is 74.6 Å². The van der Waals surface area contributed by atoms with Gasteiger partial charge in [-0.05, 0) is 56.3 Å². The lowest BCUT2D eigenvalue weighted by molar-refractivity contribution is -0.115. The summed E-state index contributed by atoms with van der Waals surface area (Å²) in [5.74, 6) is 1.49. The second-order valence-corrected chi connectivity index (χ2v) is 8.33. The number of anilines is 1. The lowest BCUT2D eigenvalue weighted by atomic mass is 10.1. The second-order valence-electron chi connectivity index (χ2n) is 7.20. The van der Waals surface area contributed by atoms with Gasteiger partial charge in [-0.15, -0.1) is 11.8 Å². The molecule has 1 unspecified atom stereocenters. The maximum Gasteiger partial charge on any atom is 0.251 e. The Morgan fingerprint density at radius 1 is 1.25 bits per heavy atom. The number of hydrogen-bond donors (Lipinski definition) is 2. The molecule has 6 nitrogen and oxygen atoms in total. The highest BCUT2D eigenvalue weighted by atomic mass is 32.2. The van der Waals surface area contributed by atoms with E-state index >= 15 is 0 Å². The van der Waals surface area contributed by atoms with Crippen LogP contribution in [0.4, 0.5) is 5.69 Å². The first-order valence-corrected chi connectivity index (χ1v) is 10.8. The van der Waals surface area contributed by atoms with Crippen LogP contribution in [0.1, 0.15) is 47.8 Å². The molecule has 28 heavy (non-hydrogen) atoms. The summed E-state index contributed by atoms with van der Waals surface area (Å²) in [6.45, 7) is 2.53. The standard InChI is InChI=1S/C21H25N3O3S/c25-20-8-12-28-19-7-6-15(13-16(19)23-20)21(26)22-14-17(18-5-4-11-27-18)24-9-2-1-3-10-24/h4-7,11,13,17H,1-3,8-10,12,14H2,(H,22,26)(H,23,25). The molecule has 148 valence electrons. The molecular formula is C21H25N3O3S. The number of benzene rings is 1. The normalized spacial score (nSPS) is 18.6. The zero-order valence-electron chi connectivity index (χ0n) is 15.8. The van der Waals surface area contributed by atoms with Gasteiger partial charge in [0.2, 0.25) is 5.91 Å². The van der Waals surface area contributed by atoms with E-state index in [0.717, 1.165) is 35.2 Å². The highest BCUT2D eigenvalue weighted by molar-refractivity contribution is 7.99. The summed E-state index contributed by atoms with van der Waals surface area (Å²) in [4.78, 5) is 28.0. The monoisotopic (exact) mass is 399 g/mol. The van der Waals surface area contributed by atoms with E-state index in [1.807, 2.05) is 24.3 Å². The molecule has 7 heteroatoms. The van der Waals surface area contributed by atoms with Crippen molar-refractivity contribution in [3.05, 3.63) is 47.9 Å². The average Bonchev–Trinajstić information content (AvgIpc) is 3.17. The maximum atomic E-state index is 12.8. The molecule has 0 radical (unpaired) electrons. The summed E-state index contributed by atoms with van der Waals surface area (Å²) in [6, 6.07) is 9.40. The van der Waals surface area contributed by atoms with Gasteiger partial charge >= 0.3 is 0 Å². The molecule has 2 aliphatic heterocycles. The third kappa shape index (κ3) is 4.42. The molecule has 0 saturated carbocycles. The van der Waals surface area contributed by atoms with Crippen molar-refractivity contribution in [3.63, 3.8) is 0 Å². The molecule has 1 fully saturated rings. The Balaban J connectivity index is 1.45. The fourth-order valence-electron chi connectivity index (χ4n) is 3.77. The van der Waals surface area contributed by atoms with E-state index in [4.69, 9.17) is 4.42 Å². The fraction of sp³-hybridized carbons (Fsp3) is 0.429. The molecule has 1 saturated heterocycles. The number of amides is 2. The van der Waals surface area contributed by atoms with Crippen LogP contribution in [0.15, 0.2) is 45.9 Å². The Morgan fingerprint density at radius 3 is 2.89 bits per heavy atom. The van der Waals surface area contributed by atoms with Crippen molar-refractivity contribution >= 4 is 29.3 Å². The van der Waals surface area contributed by atoms with E-state index in [2.05, 4.69) is 15.5 Å². The lowest BCUT2D eigenvalue weighted by Gasteiger charge is -2.33. The zero-order chi connectivity index (χ0) is 19.3. The van der Waals surface area contributed by atoms with Crippen molar-refractivity contribution in [3.8, 4) is 0 Å². The van der Waals surface area contributed by atoms with Crippen LogP contribution in [0.3, 0.4) is 0 Å². The second kappa shape index (κ2) is 8.84. The molecule has 2 aromatic rings. The van der Waals surface area contributed by atoms with Crippen LogP contribution >= 0.6 is 11.8 Å². The first-order valence-electron chi connectivity index (χ1n) is 9.83. The number of rotatable bonds is 5. The van der Waals surface area contributed by atoms with Crippen molar-refractivity contribution in [2.45, 2.75) is 36.6 Å². The molecule has 3 heterocycles. The van der Waals surface area contributed by atoms with Gasteiger partial charge in [-0.1, -0.05) is 6.42 Å². The fourth-order valence-corrected chi connectivity index (χ4v) is 4.71. The number of carbonyl (C=O) groups excluding carboxylic acids is 2. The zero-order valence-corrected chi connectivity index (χ0v) is 16.6. The van der Waals surface area contributed by atoms with Crippen LogP contribution in [0.5, 0.6) is 0 Å². The van der Waals surface area contributed by atoms with Crippen LogP contribution in [0, 0.1) is 0 Å². The molecule has 0 bridgehead atoms. The van der Waals surface area contributed by atoms with E-state index in [9.17, 15) is 9.59 Å². The number of thioether (sulfide) groups is 1. The van der Waals surface area contributed by atoms with Crippen molar-refractivity contribution < 1.29 is 14.0 Å². The Morgan fingerprint density at radius 2 is 2.11 bits per heavy atom. The number of carbonyl (C=O) groups is 2. The number of fused-ring (bicyclic) bond motifs is 1. The summed E-state index contributed by atoms with van der Waals surface area (Å²) >= 11 is 1.63. The van der Waals surface area contributed by atoms with Gasteiger partial charge in [0.15, 0.2) is 0 Å². The Hall–Kier alpha value is -2.25. The SMILES string of the molecule is O=C1CCSc2ccc(C(=O)NCC(c3ccco3)N3CCCCC3)cc2N1. The van der Waals surface area contributed by atoms with E-state index in [1.165, 1.54) is 19.3 Å². The van der Waals surface area contributed by atoms with Gasteiger partial charge in [0, 0.05) is 29.2 Å². The highest BCUT2D eigenvalue weighted by Crippen LogP contribution is 2.31. The summed E-state index contributed by atoms with van der Waals surface area (Å²) < 4.78 is 5.64. The van der Waals surface area contributed by atoms with Gasteiger partial charge in [-0.25, -0.2) is 0 Å². The molecule has 4 rings (SSSR count). The molecular weight excluding hydrogens is 374 g/mol. The summed E-state index contributed by atoms with van der Waals surface area (Å²) in [6.07, 6.45) is 5.77. The highest BCUT2D eigenvalue weighted by Gasteiger charge is 2.25. The number of nitrogens with zero attached hydrogens (tertiary/aromatic N) is 1. The third-order valence-electron chi connectivity index (χ3n) is 5.26. The Bertz CT molecular complexity index is 831. The lowest BCUT2D eigenvalue weighted by Crippen LogP contribution is -2.40. The Kier molecular flexibility index (Phi) is 6.02. The molecule has 1 aromatic carbocycles. The largest absolute Gasteiger partial charge is 0.468 e. The molecule has 0 aliphatic carbocycles. The van der Waals surface area contributed by atoms with Gasteiger partial charge in [-0.2, -0.15) is 0 Å². The van der Waals surface area contributed by atoms with Gasteiger partial charge in [-0.3, -0.25) is 14.5 Å². The van der Waals surface area contributed by atoms with Gasteiger partial charge in [0.1, 0.15) is 5.76 Å². The molecule has 1 aromatic heterocycles. The molecule has 1 atom stereocenters. The van der Waals surface area contributed by atoms with E-state index in [0.29, 0.717) is 18.5 Å². The number of likely N-dealkylation sites (tertiary alicyclic amines) is 1. The van der Waals surface area contributed by atoms with Gasteiger partial charge in [0.05, 0.1) is 18.0 Å². The maximum absolute atomic E-state index is 12.8. The summed E-state index contributed by atoms with van der Waals surface area (Å²) in [5, 5.41) is 5.95. The minimum Gasteiger partial charge on any atom is -0.468 e. The minimum atomic E-state index is -0.139. The number of piperidine rings is 1. The summed E-state index contributed by atoms with van der Waals surface area (Å²) in [7, 11) is 0. The van der Waals surface area contributed by atoms with Crippen LogP contribution in [-0.2, 0) is 4.79 Å². The van der Waals surface area contributed by atoms with Crippen molar-refractivity contribution in [1.29, 1.82) is 0 Å². The molecule has 0 spiro atoms. The first kappa shape index (κ1) is 19.1. The first-order chi connectivity index (χ1) is 13.7. The predicted octanol–water partition coefficient (Wildman–Crippen LogP) is 3.67. The average molecular weight is 400 g/mol. The van der Waals surface area contributed by atoms with Crippen molar-refractivity contribution in [2.24, 2.45) is 0 Å². The van der Waals surface area contributed by atoms with Gasteiger partial charge < -0.3 is 15.1 Å². The molecule has 2 N–H and O–H groups in total. The predicted molar refractivity (Wildman–Crippen MR) is 110 cm³/mol. The minimum absolute atomic E-state index is 0.00760. The van der Waals surface area contributed by atoms with Crippen LogP contribution in [0.25, 0.3) is 0 Å². The Labute approximate surface area is 169 Å². The smallest absolute Gasteiger partial charge is 0.251 e. The van der Waals surface area contributed by atoms with Crippen molar-refractivity contribution in [2.75, 3.05) is 30.7 Å². The van der Waals surface area contributed by atoms with Gasteiger partial charge in [0.25, 0.3) is 5.91 Å². The van der Waals surface area contributed by atoms with Crippen molar-refractivity contribution in [1.82, 2.24) is 10.2 Å². The third-order valence-corrected chi connectivity index (χ3v) is 6.34. The molecule has 2 amide bonds. The number of hydrogen-bond acceptors (Lipinski definition) is 5. The quantitative estimate of drug-likeness (QED) is 0.802. The van der Waals surface area contributed by atoms with E-state index < -0.39 is 0 Å². The van der Waals surface area contributed by atoms with Crippen LogP contribution < -0.4 is 10.6 Å². The van der Waals surface area contributed by atoms with Crippen LogP contribution in [0.2, 0.25) is 0 Å². The number of nitrogens with one attached hydrogen (secondary N) is 2. The summed E-state index contributed by atoms with van der Waals surface area (Å²) in [5.41, 5.74) is 1.28. The number of furan rings is 1. The molecule has 2 aliphatic rings. The van der Waals surface area contributed by atoms with Crippen LogP contribution in [-0.4, -0.2) is 42.1 Å². The van der Waals surface area contributed by atoms with E-state index in [-0.39, 0.29) is 17.9 Å².